The molecule has 1 N–H and O–H groups in total. The maximum absolute atomic E-state index is 13.0. The lowest BCUT2D eigenvalue weighted by atomic mass is 10.1. The van der Waals surface area contributed by atoms with E-state index in [2.05, 4.69) is 10.4 Å². The van der Waals surface area contributed by atoms with E-state index in [1.165, 1.54) is 11.1 Å². The van der Waals surface area contributed by atoms with Crippen molar-refractivity contribution in [3.8, 4) is 0 Å². The van der Waals surface area contributed by atoms with Crippen molar-refractivity contribution in [1.29, 1.82) is 0 Å². The van der Waals surface area contributed by atoms with Crippen LogP contribution in [0.1, 0.15) is 44.0 Å². The molecule has 0 aromatic carbocycles. The minimum Gasteiger partial charge on any atom is -0.456 e. The quantitative estimate of drug-likeness (QED) is 0.569. The topological polar surface area (TPSA) is 63.7 Å². The van der Waals surface area contributed by atoms with Crippen molar-refractivity contribution in [3.05, 3.63) is 35.1 Å². The molecule has 1 saturated carbocycles. The first-order valence-corrected chi connectivity index (χ1v) is 9.10. The number of carbonyl (C=O) groups is 1. The normalized spacial score (nSPS) is 21.1. The number of carbonyl (C=O) groups excluding carboxylic acids is 1. The van der Waals surface area contributed by atoms with Crippen LogP contribution in [0.15, 0.2) is 24.4 Å². The van der Waals surface area contributed by atoms with E-state index in [-0.39, 0.29) is 23.6 Å². The Hall–Kier alpha value is -1.84. The number of alkyl halides is 3. The molecule has 2 heterocycles. The first-order valence-electron chi connectivity index (χ1n) is 8.72. The molecule has 6 nitrogen and oxygen atoms in total. The van der Waals surface area contributed by atoms with Crippen LogP contribution >= 0.6 is 11.6 Å². The van der Waals surface area contributed by atoms with Crippen LogP contribution in [0.25, 0.3) is 0 Å². The zero-order chi connectivity index (χ0) is 20.7. The molecule has 0 bridgehead atoms. The summed E-state index contributed by atoms with van der Waals surface area (Å²) in [5.41, 5.74) is 0.593. The van der Waals surface area contributed by atoms with Gasteiger partial charge in [-0.25, -0.2) is 9.78 Å². The number of esters is 1. The monoisotopic (exact) mass is 419 g/mol. The molecule has 1 aromatic rings. The highest BCUT2D eigenvalue weighted by atomic mass is 35.5. The summed E-state index contributed by atoms with van der Waals surface area (Å²) < 4.78 is 49.5. The van der Waals surface area contributed by atoms with E-state index in [1.807, 2.05) is 0 Å². The molecule has 1 atom stereocenters. The van der Waals surface area contributed by atoms with Crippen LogP contribution in [0.2, 0.25) is 5.15 Å². The molecule has 28 heavy (non-hydrogen) atoms. The average Bonchev–Trinajstić information content (AvgIpc) is 3.22. The molecule has 154 valence electrons. The van der Waals surface area contributed by atoms with Crippen LogP contribution in [0, 0.1) is 5.41 Å². The van der Waals surface area contributed by atoms with Crippen LogP contribution in [0.4, 0.5) is 19.0 Å². The van der Waals surface area contributed by atoms with Crippen molar-refractivity contribution >= 4 is 23.4 Å². The number of pyridine rings is 1. The summed E-state index contributed by atoms with van der Waals surface area (Å²) in [6.45, 7) is 4.82. The number of ether oxygens (including phenoxy) is 2. The molecule has 0 amide bonds. The highest BCUT2D eigenvalue weighted by molar-refractivity contribution is 6.32. The number of aromatic nitrogens is 1. The van der Waals surface area contributed by atoms with Crippen molar-refractivity contribution < 1.29 is 27.4 Å². The Morgan fingerprint density at radius 2 is 2.04 bits per heavy atom. The predicted molar refractivity (Wildman–Crippen MR) is 96.6 cm³/mol. The molecule has 2 aliphatic rings. The predicted octanol–water partition coefficient (Wildman–Crippen LogP) is 4.21. The summed E-state index contributed by atoms with van der Waals surface area (Å²) in [4.78, 5) is 16.3. The molecule has 1 aliphatic heterocycles. The number of rotatable bonds is 5. The van der Waals surface area contributed by atoms with Crippen LogP contribution in [0.5, 0.6) is 0 Å². The van der Waals surface area contributed by atoms with Crippen LogP contribution in [0.3, 0.4) is 0 Å². The fraction of sp³-hybridized carbons (Fsp3) is 0.556. The van der Waals surface area contributed by atoms with E-state index in [4.69, 9.17) is 21.1 Å². The Kier molecular flexibility index (Phi) is 5.37. The summed E-state index contributed by atoms with van der Waals surface area (Å²) in [7, 11) is 0. The number of anilines is 1. The number of hydrazine groups is 1. The smallest absolute Gasteiger partial charge is 0.396 e. The Bertz CT molecular complexity index is 789. The van der Waals surface area contributed by atoms with Crippen LogP contribution in [-0.2, 0) is 9.47 Å². The van der Waals surface area contributed by atoms with Crippen molar-refractivity contribution in [3.63, 3.8) is 0 Å². The average molecular weight is 420 g/mol. The Labute approximate surface area is 165 Å². The Morgan fingerprint density at radius 1 is 1.36 bits per heavy atom. The standard InChI is InChI=1S/C18H21ClF3N3O3/c1-16(2,3)28-15(26)11-4-5-12(23-14(11)19)25-9-6-13(24-25)27-10-17(7-8-17)18(20,21)22/h4-6,9,13,24H,7-8,10H2,1-3H3. The SMILES string of the molecule is CC(C)(C)OC(=O)c1ccc(N2C=CC(OCC3(C(F)(F)F)CC3)N2)nc1Cl. The van der Waals surface area contributed by atoms with E-state index in [9.17, 15) is 18.0 Å². The molecular formula is C18H21ClF3N3O3. The lowest BCUT2D eigenvalue weighted by Crippen LogP contribution is -2.40. The minimum absolute atomic E-state index is 0.0414. The third-order valence-corrected chi connectivity index (χ3v) is 4.66. The van der Waals surface area contributed by atoms with Gasteiger partial charge in [-0.2, -0.15) is 18.6 Å². The summed E-state index contributed by atoms with van der Waals surface area (Å²) in [5, 5.41) is 1.42. The number of hydrogen-bond donors (Lipinski definition) is 1. The molecule has 1 unspecified atom stereocenters. The number of halogens is 4. The van der Waals surface area contributed by atoms with Crippen molar-refractivity contribution in [2.45, 2.75) is 51.6 Å². The van der Waals surface area contributed by atoms with Gasteiger partial charge >= 0.3 is 12.1 Å². The first kappa shape index (κ1) is 20.9. The van der Waals surface area contributed by atoms with Gasteiger partial charge in [0.25, 0.3) is 0 Å². The van der Waals surface area contributed by atoms with Crippen molar-refractivity contribution in [1.82, 2.24) is 10.4 Å². The van der Waals surface area contributed by atoms with E-state index in [1.54, 1.807) is 39.1 Å². The van der Waals surface area contributed by atoms with E-state index in [0.717, 1.165) is 0 Å². The van der Waals surface area contributed by atoms with E-state index in [0.29, 0.717) is 5.82 Å². The maximum atomic E-state index is 13.0. The Morgan fingerprint density at radius 3 is 2.57 bits per heavy atom. The van der Waals surface area contributed by atoms with Gasteiger partial charge in [-0.3, -0.25) is 5.01 Å². The van der Waals surface area contributed by atoms with Crippen LogP contribution in [-0.4, -0.2) is 35.6 Å². The Balaban J connectivity index is 1.59. The molecule has 0 radical (unpaired) electrons. The van der Waals surface area contributed by atoms with Gasteiger partial charge in [0.15, 0.2) is 0 Å². The van der Waals surface area contributed by atoms with Crippen molar-refractivity contribution in [2.75, 3.05) is 11.6 Å². The lowest BCUT2D eigenvalue weighted by molar-refractivity contribution is -0.204. The molecule has 1 fully saturated rings. The van der Waals surface area contributed by atoms with Gasteiger partial charge in [0, 0.05) is 6.20 Å². The molecule has 0 spiro atoms. The summed E-state index contributed by atoms with van der Waals surface area (Å²) in [5.74, 6) is -0.235. The highest BCUT2D eigenvalue weighted by Crippen LogP contribution is 2.57. The summed E-state index contributed by atoms with van der Waals surface area (Å²) in [6.07, 6.45) is -1.67. The molecule has 3 rings (SSSR count). The highest BCUT2D eigenvalue weighted by Gasteiger charge is 2.63. The first-order chi connectivity index (χ1) is 12.9. The molecule has 1 aliphatic carbocycles. The second-order valence-corrected chi connectivity index (χ2v) is 8.22. The van der Waals surface area contributed by atoms with Gasteiger partial charge in [-0.15, -0.1) is 0 Å². The molecule has 0 saturated heterocycles. The second kappa shape index (κ2) is 7.20. The van der Waals surface area contributed by atoms with Gasteiger partial charge in [0.1, 0.15) is 22.8 Å². The number of nitrogens with one attached hydrogen (secondary N) is 1. The lowest BCUT2D eigenvalue weighted by Gasteiger charge is -2.23. The fourth-order valence-corrected chi connectivity index (χ4v) is 2.80. The molecular weight excluding hydrogens is 399 g/mol. The largest absolute Gasteiger partial charge is 0.456 e. The fourth-order valence-electron chi connectivity index (χ4n) is 2.58. The van der Waals surface area contributed by atoms with Gasteiger partial charge < -0.3 is 9.47 Å². The number of hydrogen-bond acceptors (Lipinski definition) is 6. The summed E-state index contributed by atoms with van der Waals surface area (Å²) >= 11 is 6.10. The maximum Gasteiger partial charge on any atom is 0.396 e. The van der Waals surface area contributed by atoms with E-state index < -0.39 is 36.0 Å². The second-order valence-electron chi connectivity index (χ2n) is 7.86. The van der Waals surface area contributed by atoms with Gasteiger partial charge in [0.2, 0.25) is 0 Å². The zero-order valence-corrected chi connectivity index (χ0v) is 16.4. The minimum atomic E-state index is -4.26. The zero-order valence-electron chi connectivity index (χ0n) is 15.6. The van der Waals surface area contributed by atoms with Gasteiger partial charge in [0.05, 0.1) is 17.6 Å². The van der Waals surface area contributed by atoms with Gasteiger partial charge in [-0.1, -0.05) is 11.6 Å². The van der Waals surface area contributed by atoms with Gasteiger partial charge in [-0.05, 0) is 51.8 Å². The summed E-state index contributed by atoms with van der Waals surface area (Å²) in [6, 6.07) is 3.02. The molecule has 1 aromatic heterocycles. The van der Waals surface area contributed by atoms with Crippen LogP contribution < -0.4 is 10.4 Å². The third kappa shape index (κ3) is 4.59. The molecule has 10 heteroatoms. The van der Waals surface area contributed by atoms with E-state index >= 15 is 0 Å². The van der Waals surface area contributed by atoms with Crippen molar-refractivity contribution in [2.24, 2.45) is 5.41 Å². The number of nitrogens with zero attached hydrogens (tertiary/aromatic N) is 2. The third-order valence-electron chi connectivity index (χ3n) is 4.37.